The van der Waals surface area contributed by atoms with Gasteiger partial charge >= 0.3 is 11.9 Å². The van der Waals surface area contributed by atoms with Gasteiger partial charge in [0.15, 0.2) is 5.60 Å². The highest BCUT2D eigenvalue weighted by atomic mass is 16.5. The third-order valence-corrected chi connectivity index (χ3v) is 10.4. The van der Waals surface area contributed by atoms with Crippen molar-refractivity contribution in [3.63, 3.8) is 0 Å². The molecular weight excluding hydrogens is 676 g/mol. The number of likely N-dealkylation sites (tertiary alicyclic amines) is 1. The predicted molar refractivity (Wildman–Crippen MR) is 200 cm³/mol. The van der Waals surface area contributed by atoms with Crippen LogP contribution in [0, 0.1) is 13.8 Å². The number of rotatable bonds is 17. The molecule has 1 saturated heterocycles. The molecule has 2 atom stereocenters. The van der Waals surface area contributed by atoms with E-state index in [-0.39, 0.29) is 26.1 Å². The lowest BCUT2D eigenvalue weighted by molar-refractivity contribution is -0.157. The van der Waals surface area contributed by atoms with E-state index in [1.807, 2.05) is 36.1 Å². The second kappa shape index (κ2) is 16.8. The molecule has 1 aromatic heterocycles. The van der Waals surface area contributed by atoms with Crippen LogP contribution < -0.4 is 19.7 Å². The van der Waals surface area contributed by atoms with Crippen LogP contribution in [0.4, 0.5) is 5.69 Å². The summed E-state index contributed by atoms with van der Waals surface area (Å²) in [5.74, 6) is -1.09. The molecule has 2 aliphatic rings. The van der Waals surface area contributed by atoms with Crippen LogP contribution in [0.2, 0.25) is 0 Å². The Hall–Kier alpha value is -5.01. The third kappa shape index (κ3) is 8.80. The van der Waals surface area contributed by atoms with Gasteiger partial charge in [0.1, 0.15) is 30.8 Å². The quantitative estimate of drug-likeness (QED) is 0.105. The first-order valence-corrected chi connectivity index (χ1v) is 18.0. The zero-order valence-electron chi connectivity index (χ0n) is 30.3. The number of ether oxygens (including phenoxy) is 2. The van der Waals surface area contributed by atoms with Crippen LogP contribution in [-0.2, 0) is 35.8 Å². The van der Waals surface area contributed by atoms with Gasteiger partial charge in [-0.05, 0) is 84.8 Å². The smallest absolute Gasteiger partial charge is 0.337 e. The Balaban J connectivity index is 1.15. The number of β-amino-alcohol motifs (C(OH)–C–C–N with tert-alkyl or cyclic N) is 1. The van der Waals surface area contributed by atoms with Crippen LogP contribution in [0.1, 0.15) is 46.2 Å². The number of aliphatic carboxylic acids is 2. The van der Waals surface area contributed by atoms with Crippen LogP contribution in [-0.4, -0.2) is 93.2 Å². The normalized spacial score (nSPS) is 17.5. The zero-order valence-corrected chi connectivity index (χ0v) is 30.3. The van der Waals surface area contributed by atoms with E-state index in [1.165, 1.54) is 16.8 Å². The fraction of sp³-hybridized carbons (Fsp3) is 0.390. The molecule has 0 aliphatic carbocycles. The number of aryl methyl sites for hydroxylation is 1. The molecule has 12 nitrogen and oxygen atoms in total. The molecule has 12 heteroatoms. The van der Waals surface area contributed by atoms with Crippen molar-refractivity contribution in [2.45, 2.75) is 64.5 Å². The van der Waals surface area contributed by atoms with Crippen molar-refractivity contribution >= 4 is 17.6 Å². The Labute approximate surface area is 309 Å². The fourth-order valence-electron chi connectivity index (χ4n) is 7.26. The van der Waals surface area contributed by atoms with Crippen molar-refractivity contribution in [3.05, 3.63) is 106 Å². The largest absolute Gasteiger partial charge is 0.488 e. The summed E-state index contributed by atoms with van der Waals surface area (Å²) in [7, 11) is 0. The number of nitrogens with one attached hydrogen (secondary N) is 1. The average Bonchev–Trinajstić information content (AvgIpc) is 3.75. The van der Waals surface area contributed by atoms with E-state index in [0.717, 1.165) is 65.9 Å². The monoisotopic (exact) mass is 724 g/mol. The first-order valence-electron chi connectivity index (χ1n) is 18.0. The lowest BCUT2D eigenvalue weighted by atomic mass is 9.92. The second-order valence-corrected chi connectivity index (χ2v) is 14.0. The van der Waals surface area contributed by atoms with Crippen molar-refractivity contribution < 1.29 is 39.5 Å². The Kier molecular flexibility index (Phi) is 11.9. The van der Waals surface area contributed by atoms with Crippen LogP contribution in [0.15, 0.2) is 73.1 Å². The van der Waals surface area contributed by atoms with E-state index in [1.54, 1.807) is 12.4 Å². The topological polar surface area (TPSA) is 165 Å². The summed E-state index contributed by atoms with van der Waals surface area (Å²) in [5.41, 5.74) is 7.94. The first kappa shape index (κ1) is 37.7. The molecule has 2 aliphatic heterocycles. The Morgan fingerprint density at radius 3 is 2.47 bits per heavy atom. The van der Waals surface area contributed by atoms with E-state index in [4.69, 9.17) is 9.47 Å². The maximum Gasteiger partial charge on any atom is 0.337 e. The zero-order chi connectivity index (χ0) is 37.5. The van der Waals surface area contributed by atoms with Crippen molar-refractivity contribution in [2.75, 3.05) is 44.2 Å². The molecule has 0 spiro atoms. The van der Waals surface area contributed by atoms with Gasteiger partial charge in [-0.15, -0.1) is 0 Å². The maximum absolute atomic E-state index is 11.5. The SMILES string of the molecule is Cc1cc(CNC(CO)C(=O)O)c(OCc2cccnc2)cc1OCc1cccc(-c2cccc3c2CCN3CCCN2CCC(O)(C(=O)O)C2)c1C. The van der Waals surface area contributed by atoms with Gasteiger partial charge in [0.2, 0.25) is 0 Å². The van der Waals surface area contributed by atoms with Crippen molar-refractivity contribution in [3.8, 4) is 22.6 Å². The highest BCUT2D eigenvalue weighted by Gasteiger charge is 2.42. The van der Waals surface area contributed by atoms with Gasteiger partial charge in [0, 0.05) is 74.4 Å². The molecule has 0 amide bonds. The number of hydrogen-bond donors (Lipinski definition) is 5. The van der Waals surface area contributed by atoms with Crippen molar-refractivity contribution in [1.82, 2.24) is 15.2 Å². The Bertz CT molecular complexity index is 1920. The minimum Gasteiger partial charge on any atom is -0.488 e. The molecule has 53 heavy (non-hydrogen) atoms. The number of carbonyl (C=O) groups is 2. The van der Waals surface area contributed by atoms with Gasteiger partial charge in [-0.25, -0.2) is 4.79 Å². The van der Waals surface area contributed by atoms with Gasteiger partial charge in [-0.1, -0.05) is 36.4 Å². The molecule has 1 fully saturated rings. The number of hydrogen-bond acceptors (Lipinski definition) is 10. The maximum atomic E-state index is 11.5. The molecule has 3 heterocycles. The van der Waals surface area contributed by atoms with E-state index >= 15 is 0 Å². The van der Waals surface area contributed by atoms with Gasteiger partial charge in [-0.3, -0.25) is 20.0 Å². The number of aliphatic hydroxyl groups is 2. The summed E-state index contributed by atoms with van der Waals surface area (Å²) in [6.07, 6.45) is 5.50. The predicted octanol–water partition coefficient (Wildman–Crippen LogP) is 4.33. The van der Waals surface area contributed by atoms with E-state index < -0.39 is 30.2 Å². The molecule has 3 aromatic carbocycles. The fourth-order valence-corrected chi connectivity index (χ4v) is 7.26. The highest BCUT2D eigenvalue weighted by molar-refractivity contribution is 5.79. The molecule has 280 valence electrons. The van der Waals surface area contributed by atoms with Crippen LogP contribution in [0.3, 0.4) is 0 Å². The average molecular weight is 725 g/mol. The molecule has 0 radical (unpaired) electrons. The molecule has 0 bridgehead atoms. The van der Waals surface area contributed by atoms with Crippen molar-refractivity contribution in [1.29, 1.82) is 0 Å². The summed E-state index contributed by atoms with van der Waals surface area (Å²) >= 11 is 0. The number of carboxylic acids is 2. The number of fused-ring (bicyclic) bond motifs is 1. The van der Waals surface area contributed by atoms with Crippen LogP contribution >= 0.6 is 0 Å². The number of benzene rings is 3. The number of nitrogens with zero attached hydrogens (tertiary/aromatic N) is 3. The molecule has 5 N–H and O–H groups in total. The minimum absolute atomic E-state index is 0.173. The van der Waals surface area contributed by atoms with E-state index in [2.05, 4.69) is 58.5 Å². The Morgan fingerprint density at radius 2 is 1.74 bits per heavy atom. The van der Waals surface area contributed by atoms with Gasteiger partial charge in [0.05, 0.1) is 6.61 Å². The standard InChI is InChI=1S/C41H48N4O8/c1-27-19-31(22-43-35(23-46)39(47)48)38(52-24-29-7-5-14-42-21-29)20-37(27)53-25-30-8-3-9-32(28(30)2)33-10-4-11-36-34(33)12-17-45(36)16-6-15-44-18-13-41(51,26-44)40(49)50/h3-5,7-11,14,19-21,35,43,46,51H,6,12-13,15-18,22-26H2,1-2H3,(H,47,48)(H,49,50). The number of carboxylic acid groups (broad SMARTS) is 2. The summed E-state index contributed by atoms with van der Waals surface area (Å²) < 4.78 is 12.7. The van der Waals surface area contributed by atoms with Gasteiger partial charge in [-0.2, -0.15) is 0 Å². The molecule has 2 unspecified atom stereocenters. The second-order valence-electron chi connectivity index (χ2n) is 14.0. The summed E-state index contributed by atoms with van der Waals surface area (Å²) in [6, 6.07) is 19.2. The molecule has 6 rings (SSSR count). The Morgan fingerprint density at radius 1 is 0.943 bits per heavy atom. The van der Waals surface area contributed by atoms with Crippen molar-refractivity contribution in [2.24, 2.45) is 0 Å². The molecular formula is C41H48N4O8. The summed E-state index contributed by atoms with van der Waals surface area (Å²) in [6.45, 7) is 7.58. The number of pyridine rings is 1. The number of anilines is 1. The highest BCUT2D eigenvalue weighted by Crippen LogP contribution is 2.39. The lowest BCUT2D eigenvalue weighted by Gasteiger charge is -2.23. The van der Waals surface area contributed by atoms with E-state index in [9.17, 15) is 30.0 Å². The lowest BCUT2D eigenvalue weighted by Crippen LogP contribution is -2.41. The van der Waals surface area contributed by atoms with E-state index in [0.29, 0.717) is 24.7 Å². The summed E-state index contributed by atoms with van der Waals surface area (Å²) in [5, 5.41) is 41.5. The third-order valence-electron chi connectivity index (χ3n) is 10.4. The van der Waals surface area contributed by atoms with Gasteiger partial charge in [0.25, 0.3) is 0 Å². The number of aliphatic hydroxyl groups excluding tert-OH is 1. The number of aromatic nitrogens is 1. The first-order chi connectivity index (χ1) is 25.6. The minimum atomic E-state index is -1.64. The summed E-state index contributed by atoms with van der Waals surface area (Å²) in [4.78, 5) is 31.5. The van der Waals surface area contributed by atoms with Gasteiger partial charge < -0.3 is 34.8 Å². The van der Waals surface area contributed by atoms with Crippen LogP contribution in [0.25, 0.3) is 11.1 Å². The van der Waals surface area contributed by atoms with Crippen LogP contribution in [0.5, 0.6) is 11.5 Å². The molecule has 4 aromatic rings. The molecule has 0 saturated carbocycles.